The quantitative estimate of drug-likeness (QED) is 0.590. The molecular formula is C6H10N4S. The van der Waals surface area contributed by atoms with Gasteiger partial charge in [-0.05, 0) is 12.2 Å². The average Bonchev–Trinajstić information content (AvgIpc) is 2.15. The SMILES string of the molecule is Cn1c(C2CNC2)n[nH]c1=S. The summed E-state index contributed by atoms with van der Waals surface area (Å²) in [5.74, 6) is 1.61. The van der Waals surface area contributed by atoms with Crippen LogP contribution in [0.2, 0.25) is 0 Å². The van der Waals surface area contributed by atoms with Crippen LogP contribution in [0.5, 0.6) is 0 Å². The number of hydrogen-bond acceptors (Lipinski definition) is 3. The molecule has 1 aliphatic heterocycles. The number of aromatic amines is 1. The molecule has 0 saturated carbocycles. The van der Waals surface area contributed by atoms with Crippen molar-refractivity contribution in [2.24, 2.45) is 7.05 Å². The van der Waals surface area contributed by atoms with Crippen LogP contribution < -0.4 is 5.32 Å². The molecule has 1 aromatic heterocycles. The third-order valence-corrected chi connectivity index (χ3v) is 2.43. The second-order valence-electron chi connectivity index (χ2n) is 2.80. The average molecular weight is 170 g/mol. The Balaban J connectivity index is 2.36. The first-order valence-corrected chi connectivity index (χ1v) is 4.02. The largest absolute Gasteiger partial charge is 0.315 e. The van der Waals surface area contributed by atoms with Gasteiger partial charge in [-0.3, -0.25) is 5.10 Å². The molecule has 0 aromatic carbocycles. The molecule has 0 aliphatic carbocycles. The van der Waals surface area contributed by atoms with Crippen LogP contribution in [-0.2, 0) is 7.05 Å². The van der Waals surface area contributed by atoms with E-state index in [1.807, 2.05) is 11.6 Å². The molecule has 2 rings (SSSR count). The number of H-pyrrole nitrogens is 1. The van der Waals surface area contributed by atoms with Crippen molar-refractivity contribution in [1.82, 2.24) is 20.1 Å². The van der Waals surface area contributed by atoms with E-state index in [0.29, 0.717) is 10.7 Å². The molecule has 0 radical (unpaired) electrons. The number of nitrogens with one attached hydrogen (secondary N) is 2. The van der Waals surface area contributed by atoms with Crippen molar-refractivity contribution in [2.45, 2.75) is 5.92 Å². The molecule has 60 valence electrons. The van der Waals surface area contributed by atoms with Crippen molar-refractivity contribution in [3.05, 3.63) is 10.6 Å². The first kappa shape index (κ1) is 7.00. The van der Waals surface area contributed by atoms with E-state index in [2.05, 4.69) is 15.5 Å². The molecule has 1 saturated heterocycles. The maximum Gasteiger partial charge on any atom is 0.194 e. The van der Waals surface area contributed by atoms with Gasteiger partial charge in [0.15, 0.2) is 4.77 Å². The molecule has 0 amide bonds. The van der Waals surface area contributed by atoms with Crippen molar-refractivity contribution in [3.8, 4) is 0 Å². The molecule has 0 atom stereocenters. The van der Waals surface area contributed by atoms with E-state index < -0.39 is 0 Å². The molecule has 0 bridgehead atoms. The molecule has 5 heteroatoms. The second kappa shape index (κ2) is 2.42. The van der Waals surface area contributed by atoms with Crippen molar-refractivity contribution in [1.29, 1.82) is 0 Å². The smallest absolute Gasteiger partial charge is 0.194 e. The topological polar surface area (TPSA) is 45.6 Å². The predicted molar refractivity (Wildman–Crippen MR) is 44.0 cm³/mol. The Labute approximate surface area is 69.6 Å². The summed E-state index contributed by atoms with van der Waals surface area (Å²) in [6.45, 7) is 2.04. The van der Waals surface area contributed by atoms with Crippen molar-refractivity contribution in [2.75, 3.05) is 13.1 Å². The Kier molecular flexibility index (Phi) is 1.54. The van der Waals surface area contributed by atoms with Gasteiger partial charge >= 0.3 is 0 Å². The summed E-state index contributed by atoms with van der Waals surface area (Å²) in [6.07, 6.45) is 0. The van der Waals surface area contributed by atoms with Crippen molar-refractivity contribution in [3.63, 3.8) is 0 Å². The lowest BCUT2D eigenvalue weighted by Crippen LogP contribution is -2.41. The minimum absolute atomic E-state index is 0.549. The first-order chi connectivity index (χ1) is 5.29. The molecule has 1 aromatic rings. The maximum atomic E-state index is 4.99. The summed E-state index contributed by atoms with van der Waals surface area (Å²) in [6, 6.07) is 0. The summed E-state index contributed by atoms with van der Waals surface area (Å²) < 4.78 is 2.63. The zero-order chi connectivity index (χ0) is 7.84. The van der Waals surface area contributed by atoms with E-state index in [-0.39, 0.29) is 0 Å². The summed E-state index contributed by atoms with van der Waals surface area (Å²) in [4.78, 5) is 0. The van der Waals surface area contributed by atoms with Crippen LogP contribution in [0, 0.1) is 4.77 Å². The van der Waals surface area contributed by atoms with E-state index in [1.165, 1.54) is 0 Å². The Morgan fingerprint density at radius 3 is 2.73 bits per heavy atom. The summed E-state index contributed by atoms with van der Waals surface area (Å²) in [7, 11) is 1.94. The van der Waals surface area contributed by atoms with Crippen LogP contribution in [0.15, 0.2) is 0 Å². The molecule has 1 aliphatic rings. The Morgan fingerprint density at radius 1 is 1.64 bits per heavy atom. The number of rotatable bonds is 1. The van der Waals surface area contributed by atoms with Gasteiger partial charge in [0.1, 0.15) is 5.82 Å². The van der Waals surface area contributed by atoms with Crippen LogP contribution in [-0.4, -0.2) is 27.9 Å². The fourth-order valence-electron chi connectivity index (χ4n) is 1.20. The van der Waals surface area contributed by atoms with E-state index >= 15 is 0 Å². The van der Waals surface area contributed by atoms with Crippen LogP contribution in [0.4, 0.5) is 0 Å². The van der Waals surface area contributed by atoms with Gasteiger partial charge in [0.2, 0.25) is 0 Å². The van der Waals surface area contributed by atoms with E-state index in [9.17, 15) is 0 Å². The number of aromatic nitrogens is 3. The van der Waals surface area contributed by atoms with Gasteiger partial charge in [-0.15, -0.1) is 0 Å². The maximum absolute atomic E-state index is 4.99. The summed E-state index contributed by atoms with van der Waals surface area (Å²) >= 11 is 4.99. The molecule has 1 fully saturated rings. The fourth-order valence-corrected chi connectivity index (χ4v) is 1.33. The minimum atomic E-state index is 0.549. The lowest BCUT2D eigenvalue weighted by Gasteiger charge is -2.25. The molecule has 0 spiro atoms. The van der Waals surface area contributed by atoms with Crippen LogP contribution in [0.3, 0.4) is 0 Å². The number of nitrogens with zero attached hydrogens (tertiary/aromatic N) is 2. The highest BCUT2D eigenvalue weighted by Crippen LogP contribution is 2.15. The highest BCUT2D eigenvalue weighted by atomic mass is 32.1. The Hall–Kier alpha value is -0.680. The molecule has 4 nitrogen and oxygen atoms in total. The van der Waals surface area contributed by atoms with Crippen LogP contribution >= 0.6 is 12.2 Å². The predicted octanol–water partition coefficient (Wildman–Crippen LogP) is 0.164. The monoisotopic (exact) mass is 170 g/mol. The van der Waals surface area contributed by atoms with Gasteiger partial charge in [-0.25, -0.2) is 0 Å². The molecule has 0 unspecified atom stereocenters. The van der Waals surface area contributed by atoms with E-state index in [4.69, 9.17) is 12.2 Å². The van der Waals surface area contributed by atoms with Gasteiger partial charge in [0.25, 0.3) is 0 Å². The Bertz CT molecular complexity index is 309. The third kappa shape index (κ3) is 1.00. The lowest BCUT2D eigenvalue weighted by atomic mass is 10.0. The van der Waals surface area contributed by atoms with Gasteiger partial charge in [-0.2, -0.15) is 5.10 Å². The van der Waals surface area contributed by atoms with Gasteiger partial charge in [0, 0.05) is 26.1 Å². The van der Waals surface area contributed by atoms with Gasteiger partial charge in [-0.1, -0.05) is 0 Å². The zero-order valence-corrected chi connectivity index (χ0v) is 7.11. The third-order valence-electron chi connectivity index (χ3n) is 2.06. The highest BCUT2D eigenvalue weighted by molar-refractivity contribution is 7.71. The van der Waals surface area contributed by atoms with Crippen LogP contribution in [0.1, 0.15) is 11.7 Å². The Morgan fingerprint density at radius 2 is 2.36 bits per heavy atom. The summed E-state index contributed by atoms with van der Waals surface area (Å²) in [5.41, 5.74) is 0. The first-order valence-electron chi connectivity index (χ1n) is 3.61. The highest BCUT2D eigenvalue weighted by Gasteiger charge is 2.23. The van der Waals surface area contributed by atoms with Crippen LogP contribution in [0.25, 0.3) is 0 Å². The van der Waals surface area contributed by atoms with E-state index in [0.717, 1.165) is 18.9 Å². The van der Waals surface area contributed by atoms with Gasteiger partial charge in [0.05, 0.1) is 0 Å². The minimum Gasteiger partial charge on any atom is -0.315 e. The number of hydrogen-bond donors (Lipinski definition) is 2. The normalized spacial score (nSPS) is 18.3. The molecule has 2 heterocycles. The van der Waals surface area contributed by atoms with Crippen molar-refractivity contribution < 1.29 is 0 Å². The van der Waals surface area contributed by atoms with Crippen molar-refractivity contribution >= 4 is 12.2 Å². The molecular weight excluding hydrogens is 160 g/mol. The van der Waals surface area contributed by atoms with Gasteiger partial charge < -0.3 is 9.88 Å². The zero-order valence-electron chi connectivity index (χ0n) is 6.29. The fraction of sp³-hybridized carbons (Fsp3) is 0.667. The standard InChI is InChI=1S/C6H10N4S/c1-10-5(4-2-7-3-4)8-9-6(10)11/h4,7H,2-3H2,1H3,(H,9,11). The second-order valence-corrected chi connectivity index (χ2v) is 3.19. The molecule has 11 heavy (non-hydrogen) atoms. The summed E-state index contributed by atoms with van der Waals surface area (Å²) in [5, 5.41) is 10.1. The molecule has 2 N–H and O–H groups in total. The lowest BCUT2D eigenvalue weighted by molar-refractivity contribution is 0.420. The van der Waals surface area contributed by atoms with E-state index in [1.54, 1.807) is 0 Å².